The van der Waals surface area contributed by atoms with Gasteiger partial charge < -0.3 is 15.5 Å². The second-order valence-corrected chi connectivity index (χ2v) is 5.16. The van der Waals surface area contributed by atoms with Crippen molar-refractivity contribution in [1.29, 1.82) is 0 Å². The second kappa shape index (κ2) is 5.54. The molecule has 3 rings (SSSR count). The molecule has 3 heterocycles. The number of nitrogens with two attached hydrogens (primary N) is 1. The Morgan fingerprint density at radius 3 is 2.40 bits per heavy atom. The smallest absolute Gasteiger partial charge is 0.128 e. The Bertz CT molecular complexity index is 578. The molecule has 0 spiro atoms. The zero-order chi connectivity index (χ0) is 13.9. The zero-order valence-electron chi connectivity index (χ0n) is 11.0. The minimum Gasteiger partial charge on any atom is -0.397 e. The maximum Gasteiger partial charge on any atom is 0.128 e. The first-order valence-corrected chi connectivity index (χ1v) is 6.93. The van der Waals surface area contributed by atoms with E-state index in [0.717, 1.165) is 37.7 Å². The van der Waals surface area contributed by atoms with E-state index in [1.165, 1.54) is 0 Å². The average molecular weight is 290 g/mol. The molecule has 1 fully saturated rings. The molecule has 0 aliphatic carbocycles. The van der Waals surface area contributed by atoms with Crippen LogP contribution in [0.5, 0.6) is 0 Å². The van der Waals surface area contributed by atoms with Crippen LogP contribution in [-0.4, -0.2) is 36.1 Å². The molecular weight excluding hydrogens is 274 g/mol. The van der Waals surface area contributed by atoms with E-state index in [4.69, 9.17) is 17.3 Å². The van der Waals surface area contributed by atoms with Gasteiger partial charge in [0.15, 0.2) is 0 Å². The van der Waals surface area contributed by atoms with Gasteiger partial charge in [0, 0.05) is 38.6 Å². The van der Waals surface area contributed by atoms with Crippen molar-refractivity contribution in [2.75, 3.05) is 41.7 Å². The molecule has 2 N–H and O–H groups in total. The van der Waals surface area contributed by atoms with Crippen molar-refractivity contribution in [3.05, 3.63) is 41.8 Å². The molecule has 0 bridgehead atoms. The molecule has 20 heavy (non-hydrogen) atoms. The fourth-order valence-electron chi connectivity index (χ4n) is 2.39. The first kappa shape index (κ1) is 13.0. The molecule has 0 saturated carbocycles. The molecule has 1 aliphatic heterocycles. The number of nitrogens with zero attached hydrogens (tertiary/aromatic N) is 4. The number of anilines is 3. The van der Waals surface area contributed by atoms with Crippen molar-refractivity contribution in [3.8, 4) is 0 Å². The fourth-order valence-corrected chi connectivity index (χ4v) is 2.62. The van der Waals surface area contributed by atoms with Crippen molar-refractivity contribution < 1.29 is 0 Å². The van der Waals surface area contributed by atoms with Crippen LogP contribution < -0.4 is 15.5 Å². The quantitative estimate of drug-likeness (QED) is 0.917. The molecule has 104 valence electrons. The maximum atomic E-state index is 6.18. The lowest BCUT2D eigenvalue weighted by Crippen LogP contribution is -2.46. The van der Waals surface area contributed by atoms with Crippen molar-refractivity contribution in [2.45, 2.75) is 0 Å². The standard InChI is InChI=1S/C14H16ClN5/c15-12-10-17-4-3-13(12)19-5-7-20(8-6-19)14-2-1-11(16)9-18-14/h1-4,9-10H,5-8,16H2. The van der Waals surface area contributed by atoms with E-state index in [0.29, 0.717) is 10.7 Å². The van der Waals surface area contributed by atoms with Crippen LogP contribution in [-0.2, 0) is 0 Å². The van der Waals surface area contributed by atoms with Gasteiger partial charge in [-0.15, -0.1) is 0 Å². The number of hydrogen-bond acceptors (Lipinski definition) is 5. The summed E-state index contributed by atoms with van der Waals surface area (Å²) in [6.07, 6.45) is 5.15. The van der Waals surface area contributed by atoms with Crippen LogP contribution in [0.3, 0.4) is 0 Å². The predicted molar refractivity (Wildman–Crippen MR) is 82.3 cm³/mol. The Balaban J connectivity index is 1.68. The highest BCUT2D eigenvalue weighted by Crippen LogP contribution is 2.26. The van der Waals surface area contributed by atoms with Crippen molar-refractivity contribution >= 4 is 28.8 Å². The third kappa shape index (κ3) is 2.63. The Morgan fingerprint density at radius 1 is 1.00 bits per heavy atom. The number of halogens is 1. The summed E-state index contributed by atoms with van der Waals surface area (Å²) in [6.45, 7) is 3.65. The van der Waals surface area contributed by atoms with Gasteiger partial charge in [0.25, 0.3) is 0 Å². The van der Waals surface area contributed by atoms with Crippen molar-refractivity contribution in [3.63, 3.8) is 0 Å². The number of aromatic nitrogens is 2. The highest BCUT2D eigenvalue weighted by atomic mass is 35.5. The number of hydrogen-bond donors (Lipinski definition) is 1. The van der Waals surface area contributed by atoms with Crippen LogP contribution in [0.25, 0.3) is 0 Å². The van der Waals surface area contributed by atoms with Gasteiger partial charge in [0.2, 0.25) is 0 Å². The summed E-state index contributed by atoms with van der Waals surface area (Å²) in [5, 5.41) is 0.701. The second-order valence-electron chi connectivity index (χ2n) is 4.75. The van der Waals surface area contributed by atoms with Gasteiger partial charge in [0.05, 0.1) is 22.6 Å². The molecule has 0 amide bonds. The first-order chi connectivity index (χ1) is 9.74. The number of piperazine rings is 1. The molecule has 5 nitrogen and oxygen atoms in total. The van der Waals surface area contributed by atoms with Crippen LogP contribution in [0, 0.1) is 0 Å². The highest BCUT2D eigenvalue weighted by Gasteiger charge is 2.19. The van der Waals surface area contributed by atoms with Gasteiger partial charge >= 0.3 is 0 Å². The molecular formula is C14H16ClN5. The SMILES string of the molecule is Nc1ccc(N2CCN(c3ccncc3Cl)CC2)nc1. The molecule has 1 saturated heterocycles. The van der Waals surface area contributed by atoms with Gasteiger partial charge in [-0.1, -0.05) is 11.6 Å². The lowest BCUT2D eigenvalue weighted by atomic mass is 10.2. The third-order valence-electron chi connectivity index (χ3n) is 3.47. The molecule has 0 radical (unpaired) electrons. The van der Waals surface area contributed by atoms with Gasteiger partial charge in [-0.2, -0.15) is 0 Å². The zero-order valence-corrected chi connectivity index (χ0v) is 11.8. The summed E-state index contributed by atoms with van der Waals surface area (Å²) in [4.78, 5) is 12.9. The topological polar surface area (TPSA) is 58.3 Å². The minimum atomic E-state index is 0.691. The molecule has 6 heteroatoms. The largest absolute Gasteiger partial charge is 0.397 e. The van der Waals surface area contributed by atoms with E-state index < -0.39 is 0 Å². The molecule has 0 aromatic carbocycles. The monoisotopic (exact) mass is 289 g/mol. The van der Waals surface area contributed by atoms with Crippen LogP contribution in [0.15, 0.2) is 36.8 Å². The van der Waals surface area contributed by atoms with E-state index >= 15 is 0 Å². The van der Waals surface area contributed by atoms with E-state index in [-0.39, 0.29) is 0 Å². The number of pyridine rings is 2. The summed E-state index contributed by atoms with van der Waals surface area (Å²) in [5.41, 5.74) is 7.40. The van der Waals surface area contributed by atoms with Crippen molar-refractivity contribution in [2.24, 2.45) is 0 Å². The van der Waals surface area contributed by atoms with E-state index in [1.54, 1.807) is 18.6 Å². The summed E-state index contributed by atoms with van der Waals surface area (Å²) in [5.74, 6) is 0.972. The van der Waals surface area contributed by atoms with Crippen LogP contribution in [0.2, 0.25) is 5.02 Å². The van der Waals surface area contributed by atoms with Crippen LogP contribution in [0.1, 0.15) is 0 Å². The maximum absolute atomic E-state index is 6.18. The predicted octanol–water partition coefficient (Wildman–Crippen LogP) is 2.04. The Kier molecular flexibility index (Phi) is 3.60. The molecule has 0 unspecified atom stereocenters. The number of rotatable bonds is 2. The van der Waals surface area contributed by atoms with Gasteiger partial charge in [0.1, 0.15) is 5.82 Å². The lowest BCUT2D eigenvalue weighted by molar-refractivity contribution is 0.647. The fraction of sp³-hybridized carbons (Fsp3) is 0.286. The Hall–Kier alpha value is -2.01. The minimum absolute atomic E-state index is 0.691. The first-order valence-electron chi connectivity index (χ1n) is 6.55. The summed E-state index contributed by atoms with van der Waals surface area (Å²) < 4.78 is 0. The Morgan fingerprint density at radius 2 is 1.75 bits per heavy atom. The number of nitrogen functional groups attached to an aromatic ring is 1. The summed E-state index contributed by atoms with van der Waals surface area (Å²) in [6, 6.07) is 5.80. The van der Waals surface area contributed by atoms with Gasteiger partial charge in [-0.3, -0.25) is 4.98 Å². The van der Waals surface area contributed by atoms with E-state index in [9.17, 15) is 0 Å². The molecule has 0 atom stereocenters. The van der Waals surface area contributed by atoms with Gasteiger partial charge in [-0.25, -0.2) is 4.98 Å². The molecule has 1 aliphatic rings. The van der Waals surface area contributed by atoms with Crippen LogP contribution in [0.4, 0.5) is 17.2 Å². The normalized spacial score (nSPS) is 15.4. The highest BCUT2D eigenvalue weighted by molar-refractivity contribution is 6.33. The van der Waals surface area contributed by atoms with E-state index in [2.05, 4.69) is 19.8 Å². The average Bonchev–Trinajstić information content (AvgIpc) is 2.49. The lowest BCUT2D eigenvalue weighted by Gasteiger charge is -2.37. The summed E-state index contributed by atoms with van der Waals surface area (Å²) >= 11 is 6.18. The Labute approximate surface area is 123 Å². The van der Waals surface area contributed by atoms with Crippen molar-refractivity contribution in [1.82, 2.24) is 9.97 Å². The van der Waals surface area contributed by atoms with Gasteiger partial charge in [-0.05, 0) is 18.2 Å². The van der Waals surface area contributed by atoms with E-state index in [1.807, 2.05) is 18.2 Å². The van der Waals surface area contributed by atoms with Crippen LogP contribution >= 0.6 is 11.6 Å². The molecule has 2 aromatic rings. The summed E-state index contributed by atoms with van der Waals surface area (Å²) in [7, 11) is 0. The third-order valence-corrected chi connectivity index (χ3v) is 3.76. The molecule has 2 aromatic heterocycles.